The zero-order valence-corrected chi connectivity index (χ0v) is 15.9. The Hall–Kier alpha value is -1.82. The first-order valence-corrected chi connectivity index (χ1v) is 10.8. The van der Waals surface area contributed by atoms with Gasteiger partial charge in [0.2, 0.25) is 10.0 Å². The molecule has 0 bridgehead atoms. The summed E-state index contributed by atoms with van der Waals surface area (Å²) < 4.78 is 27.7. The average molecular weight is 389 g/mol. The monoisotopic (exact) mass is 388 g/mol. The number of sulfonamides is 1. The van der Waals surface area contributed by atoms with Crippen LogP contribution in [0.25, 0.3) is 10.9 Å². The number of hydrogen-bond acceptors (Lipinski definition) is 2. The molecule has 26 heavy (non-hydrogen) atoms. The molecule has 1 fully saturated rings. The van der Waals surface area contributed by atoms with Gasteiger partial charge in [-0.05, 0) is 48.6 Å². The van der Waals surface area contributed by atoms with Crippen molar-refractivity contribution in [3.05, 3.63) is 70.9 Å². The van der Waals surface area contributed by atoms with Gasteiger partial charge >= 0.3 is 0 Å². The number of aromatic nitrogens is 1. The molecule has 0 amide bonds. The van der Waals surface area contributed by atoms with Gasteiger partial charge in [0, 0.05) is 34.1 Å². The third-order valence-corrected chi connectivity index (χ3v) is 6.76. The lowest BCUT2D eigenvalue weighted by atomic mass is 9.96. The van der Waals surface area contributed by atoms with Crippen molar-refractivity contribution in [2.24, 2.45) is 0 Å². The molecule has 2 aromatic carbocycles. The molecule has 2 N–H and O–H groups in total. The highest BCUT2D eigenvalue weighted by atomic mass is 35.5. The van der Waals surface area contributed by atoms with E-state index in [1.54, 1.807) is 0 Å². The van der Waals surface area contributed by atoms with Gasteiger partial charge in [-0.25, -0.2) is 13.1 Å². The molecule has 1 aliphatic carbocycles. The van der Waals surface area contributed by atoms with Gasteiger partial charge in [-0.3, -0.25) is 0 Å². The van der Waals surface area contributed by atoms with Gasteiger partial charge in [0.15, 0.2) is 0 Å². The van der Waals surface area contributed by atoms with Gasteiger partial charge in [0.1, 0.15) is 0 Å². The van der Waals surface area contributed by atoms with Crippen LogP contribution in [0.2, 0.25) is 5.02 Å². The number of H-pyrrole nitrogens is 1. The zero-order valence-electron chi connectivity index (χ0n) is 14.3. The Kier molecular flexibility index (Phi) is 4.55. The maximum atomic E-state index is 12.4. The highest BCUT2D eigenvalue weighted by Gasteiger charge is 2.46. The van der Waals surface area contributed by atoms with E-state index < -0.39 is 10.0 Å². The molecule has 0 spiro atoms. The fourth-order valence-electron chi connectivity index (χ4n) is 3.44. The van der Waals surface area contributed by atoms with E-state index in [1.165, 1.54) is 0 Å². The van der Waals surface area contributed by atoms with Gasteiger partial charge in [-0.2, -0.15) is 0 Å². The van der Waals surface area contributed by atoms with Crippen molar-refractivity contribution in [2.45, 2.75) is 24.7 Å². The summed E-state index contributed by atoms with van der Waals surface area (Å²) in [5.74, 6) is 0.104. The molecule has 1 heterocycles. The number of halogens is 1. The Morgan fingerprint density at radius 3 is 2.62 bits per heavy atom. The quantitative estimate of drug-likeness (QED) is 0.642. The molecule has 1 aliphatic rings. The predicted molar refractivity (Wildman–Crippen MR) is 106 cm³/mol. The van der Waals surface area contributed by atoms with Gasteiger partial charge in [0.25, 0.3) is 0 Å². The fourth-order valence-corrected chi connectivity index (χ4v) is 4.76. The molecule has 1 aromatic heterocycles. The van der Waals surface area contributed by atoms with Crippen molar-refractivity contribution in [1.29, 1.82) is 0 Å². The first kappa shape index (κ1) is 17.6. The maximum absolute atomic E-state index is 12.4. The first-order chi connectivity index (χ1) is 12.5. The molecule has 136 valence electrons. The van der Waals surface area contributed by atoms with Crippen LogP contribution in [0.5, 0.6) is 0 Å². The van der Waals surface area contributed by atoms with Crippen LogP contribution in [-0.4, -0.2) is 25.7 Å². The average Bonchev–Trinajstić information content (AvgIpc) is 3.31. The van der Waals surface area contributed by atoms with E-state index in [0.29, 0.717) is 18.0 Å². The van der Waals surface area contributed by atoms with Crippen molar-refractivity contribution in [3.63, 3.8) is 0 Å². The summed E-state index contributed by atoms with van der Waals surface area (Å²) in [6.07, 6.45) is 4.47. The van der Waals surface area contributed by atoms with Crippen LogP contribution >= 0.6 is 11.6 Å². The van der Waals surface area contributed by atoms with E-state index in [9.17, 15) is 8.42 Å². The predicted octanol–water partition coefficient (Wildman–Crippen LogP) is 4.02. The standard InChI is InChI=1S/C20H21ClN2O2S/c21-16-6-7-19-17(12-16)18(13-22-19)20(9-10-20)14-23-26(24,25)11-8-15-4-2-1-3-5-15/h1-7,12-13,22-23H,8-11,14H2. The Balaban J connectivity index is 1.45. The van der Waals surface area contributed by atoms with Crippen molar-refractivity contribution in [3.8, 4) is 0 Å². The number of aryl methyl sites for hydroxylation is 1. The van der Waals surface area contributed by atoms with Crippen molar-refractivity contribution in [2.75, 3.05) is 12.3 Å². The van der Waals surface area contributed by atoms with Crippen molar-refractivity contribution < 1.29 is 8.42 Å². The number of benzene rings is 2. The van der Waals surface area contributed by atoms with Crippen LogP contribution in [0.15, 0.2) is 54.7 Å². The lowest BCUT2D eigenvalue weighted by molar-refractivity contribution is 0.567. The van der Waals surface area contributed by atoms with E-state index in [2.05, 4.69) is 9.71 Å². The van der Waals surface area contributed by atoms with Gasteiger partial charge < -0.3 is 4.98 Å². The summed E-state index contributed by atoms with van der Waals surface area (Å²) in [6.45, 7) is 0.434. The van der Waals surface area contributed by atoms with Crippen LogP contribution in [-0.2, 0) is 21.9 Å². The second kappa shape index (κ2) is 6.72. The van der Waals surface area contributed by atoms with Crippen LogP contribution in [0.1, 0.15) is 24.0 Å². The topological polar surface area (TPSA) is 62.0 Å². The number of aromatic amines is 1. The van der Waals surface area contributed by atoms with E-state index in [0.717, 1.165) is 34.9 Å². The number of rotatable bonds is 7. The summed E-state index contributed by atoms with van der Waals surface area (Å²) in [5.41, 5.74) is 3.09. The molecule has 4 rings (SSSR count). The fraction of sp³-hybridized carbons (Fsp3) is 0.300. The van der Waals surface area contributed by atoms with Crippen LogP contribution in [0.4, 0.5) is 0 Å². The molecular formula is C20H21ClN2O2S. The Bertz CT molecular complexity index is 1020. The zero-order chi connectivity index (χ0) is 18.2. The summed E-state index contributed by atoms with van der Waals surface area (Å²) >= 11 is 6.14. The van der Waals surface area contributed by atoms with Gasteiger partial charge in [-0.15, -0.1) is 0 Å². The highest BCUT2D eigenvalue weighted by molar-refractivity contribution is 7.89. The summed E-state index contributed by atoms with van der Waals surface area (Å²) in [6, 6.07) is 15.5. The minimum absolute atomic E-state index is 0.104. The smallest absolute Gasteiger partial charge is 0.211 e. The van der Waals surface area contributed by atoms with E-state index in [-0.39, 0.29) is 11.2 Å². The van der Waals surface area contributed by atoms with E-state index in [4.69, 9.17) is 11.6 Å². The first-order valence-electron chi connectivity index (χ1n) is 8.76. The number of hydrogen-bond donors (Lipinski definition) is 2. The molecule has 0 saturated heterocycles. The minimum Gasteiger partial charge on any atom is -0.361 e. The minimum atomic E-state index is -3.31. The molecule has 6 heteroatoms. The molecule has 4 nitrogen and oxygen atoms in total. The molecule has 0 unspecified atom stereocenters. The normalized spacial score (nSPS) is 16.0. The summed E-state index contributed by atoms with van der Waals surface area (Å²) in [7, 11) is -3.31. The number of nitrogens with one attached hydrogen (secondary N) is 2. The third-order valence-electron chi connectivity index (χ3n) is 5.20. The largest absolute Gasteiger partial charge is 0.361 e. The van der Waals surface area contributed by atoms with Gasteiger partial charge in [-0.1, -0.05) is 41.9 Å². The third kappa shape index (κ3) is 3.65. The molecule has 3 aromatic rings. The molecule has 0 atom stereocenters. The summed E-state index contributed by atoms with van der Waals surface area (Å²) in [5, 5.41) is 1.77. The Morgan fingerprint density at radius 2 is 1.88 bits per heavy atom. The molecular weight excluding hydrogens is 368 g/mol. The number of fused-ring (bicyclic) bond motifs is 1. The molecule has 0 radical (unpaired) electrons. The van der Waals surface area contributed by atoms with Crippen molar-refractivity contribution >= 4 is 32.5 Å². The van der Waals surface area contributed by atoms with Crippen LogP contribution < -0.4 is 4.72 Å². The highest BCUT2D eigenvalue weighted by Crippen LogP contribution is 2.50. The SMILES string of the molecule is O=S(=O)(CCc1ccccc1)NCC1(c2c[nH]c3ccc(Cl)cc23)CC1. The Morgan fingerprint density at radius 1 is 1.12 bits per heavy atom. The van der Waals surface area contributed by atoms with E-state index in [1.807, 2.05) is 54.7 Å². The van der Waals surface area contributed by atoms with Crippen LogP contribution in [0, 0.1) is 0 Å². The lowest BCUT2D eigenvalue weighted by Gasteiger charge is -2.16. The van der Waals surface area contributed by atoms with Gasteiger partial charge in [0.05, 0.1) is 5.75 Å². The molecule has 0 aliphatic heterocycles. The van der Waals surface area contributed by atoms with Crippen molar-refractivity contribution in [1.82, 2.24) is 9.71 Å². The Labute approximate surface area is 158 Å². The van der Waals surface area contributed by atoms with Crippen LogP contribution in [0.3, 0.4) is 0 Å². The molecule has 1 saturated carbocycles. The van der Waals surface area contributed by atoms with E-state index >= 15 is 0 Å². The lowest BCUT2D eigenvalue weighted by Crippen LogP contribution is -2.34. The maximum Gasteiger partial charge on any atom is 0.211 e. The second-order valence-electron chi connectivity index (χ2n) is 7.05. The summed E-state index contributed by atoms with van der Waals surface area (Å²) in [4.78, 5) is 3.27. The second-order valence-corrected chi connectivity index (χ2v) is 9.41.